The molecule has 0 aliphatic rings. The summed E-state index contributed by atoms with van der Waals surface area (Å²) in [5.74, 6) is -0.166. The van der Waals surface area contributed by atoms with Gasteiger partial charge >= 0.3 is 0 Å². The molecule has 0 atom stereocenters. The fraction of sp³-hybridized carbons (Fsp3) is 0.250. The van der Waals surface area contributed by atoms with Gasteiger partial charge in [-0.2, -0.15) is 0 Å². The smallest absolute Gasteiger partial charge is 0.252 e. The molecule has 0 radical (unpaired) electrons. The fourth-order valence-corrected chi connectivity index (χ4v) is 2.23. The van der Waals surface area contributed by atoms with Crippen molar-refractivity contribution in [1.82, 2.24) is 15.2 Å². The van der Waals surface area contributed by atoms with Crippen LogP contribution in [-0.2, 0) is 0 Å². The van der Waals surface area contributed by atoms with E-state index in [0.29, 0.717) is 33.5 Å². The van der Waals surface area contributed by atoms with Crippen molar-refractivity contribution in [3.05, 3.63) is 52.3 Å². The lowest BCUT2D eigenvalue weighted by atomic mass is 10.2. The van der Waals surface area contributed by atoms with Crippen LogP contribution in [0.3, 0.4) is 0 Å². The number of halogens is 2. The van der Waals surface area contributed by atoms with E-state index in [2.05, 4.69) is 15.6 Å². The maximum absolute atomic E-state index is 12.1. The minimum atomic E-state index is -0.166. The Hall–Kier alpha value is -1.82. The van der Waals surface area contributed by atoms with E-state index < -0.39 is 0 Å². The van der Waals surface area contributed by atoms with E-state index in [-0.39, 0.29) is 5.91 Å². The normalized spacial score (nSPS) is 10.7. The standard InChI is InChI=1S/C16H18Cl2N4O/c1-22(2)7-6-20-16(23)11-8-12(10-19-9-11)21-14-5-3-4-13(17)15(14)18/h3-5,8-10,21H,6-7H2,1-2H3,(H,20,23). The molecule has 0 unspecified atom stereocenters. The van der Waals surface area contributed by atoms with Crippen LogP contribution < -0.4 is 10.6 Å². The lowest BCUT2D eigenvalue weighted by Crippen LogP contribution is -2.31. The van der Waals surface area contributed by atoms with E-state index >= 15 is 0 Å². The first kappa shape index (κ1) is 17.5. The highest BCUT2D eigenvalue weighted by molar-refractivity contribution is 6.43. The summed E-state index contributed by atoms with van der Waals surface area (Å²) >= 11 is 12.1. The van der Waals surface area contributed by atoms with Gasteiger partial charge in [0.1, 0.15) is 0 Å². The number of carbonyl (C=O) groups is 1. The maximum atomic E-state index is 12.1. The quantitative estimate of drug-likeness (QED) is 0.836. The highest BCUT2D eigenvalue weighted by atomic mass is 35.5. The molecule has 2 N–H and O–H groups in total. The molecular formula is C16H18Cl2N4O. The van der Waals surface area contributed by atoms with E-state index in [0.717, 1.165) is 6.54 Å². The molecule has 2 rings (SSSR count). The first-order valence-electron chi connectivity index (χ1n) is 7.06. The fourth-order valence-electron chi connectivity index (χ4n) is 1.88. The molecule has 0 spiro atoms. The average molecular weight is 353 g/mol. The third-order valence-corrected chi connectivity index (χ3v) is 3.89. The lowest BCUT2D eigenvalue weighted by molar-refractivity contribution is 0.0950. The Morgan fingerprint density at radius 1 is 1.26 bits per heavy atom. The molecule has 1 aromatic heterocycles. The Bertz CT molecular complexity index is 692. The zero-order valence-electron chi connectivity index (χ0n) is 12.9. The molecule has 0 bridgehead atoms. The van der Waals surface area contributed by atoms with Gasteiger partial charge in [-0.25, -0.2) is 0 Å². The van der Waals surface area contributed by atoms with Gasteiger partial charge in [0.15, 0.2) is 0 Å². The van der Waals surface area contributed by atoms with Gasteiger partial charge < -0.3 is 15.5 Å². The van der Waals surface area contributed by atoms with Gasteiger partial charge in [-0.05, 0) is 32.3 Å². The van der Waals surface area contributed by atoms with E-state index in [1.54, 1.807) is 30.5 Å². The number of anilines is 2. The number of nitrogens with zero attached hydrogens (tertiary/aromatic N) is 2. The monoisotopic (exact) mass is 352 g/mol. The molecule has 5 nitrogen and oxygen atoms in total. The van der Waals surface area contributed by atoms with Crippen LogP contribution >= 0.6 is 23.2 Å². The summed E-state index contributed by atoms with van der Waals surface area (Å²) in [4.78, 5) is 18.2. The number of benzene rings is 1. The number of amides is 1. The third kappa shape index (κ3) is 5.10. The van der Waals surface area contributed by atoms with Gasteiger partial charge in [0.05, 0.1) is 33.2 Å². The number of hydrogen-bond donors (Lipinski definition) is 2. The van der Waals surface area contributed by atoms with Gasteiger partial charge in [0.2, 0.25) is 0 Å². The van der Waals surface area contributed by atoms with Crippen LogP contribution in [0.15, 0.2) is 36.7 Å². The molecule has 122 valence electrons. The van der Waals surface area contributed by atoms with Gasteiger partial charge in [-0.3, -0.25) is 9.78 Å². The Labute approximate surface area is 145 Å². The zero-order valence-corrected chi connectivity index (χ0v) is 14.4. The Morgan fingerprint density at radius 2 is 2.04 bits per heavy atom. The minimum Gasteiger partial charge on any atom is -0.353 e. The summed E-state index contributed by atoms with van der Waals surface area (Å²) in [5, 5.41) is 6.85. The molecule has 2 aromatic rings. The Kier molecular flexibility index (Phi) is 6.21. The predicted octanol–water partition coefficient (Wildman–Crippen LogP) is 3.42. The third-order valence-electron chi connectivity index (χ3n) is 3.08. The van der Waals surface area contributed by atoms with Gasteiger partial charge in [0, 0.05) is 19.3 Å². The van der Waals surface area contributed by atoms with Crippen LogP contribution in [0.25, 0.3) is 0 Å². The number of aromatic nitrogens is 1. The van der Waals surface area contributed by atoms with Crippen molar-refractivity contribution < 1.29 is 4.79 Å². The van der Waals surface area contributed by atoms with Crippen molar-refractivity contribution in [1.29, 1.82) is 0 Å². The Morgan fingerprint density at radius 3 is 2.78 bits per heavy atom. The summed E-state index contributed by atoms with van der Waals surface area (Å²) in [5.41, 5.74) is 1.80. The van der Waals surface area contributed by atoms with E-state index in [9.17, 15) is 4.79 Å². The molecule has 1 aromatic carbocycles. The molecule has 1 heterocycles. The number of nitrogens with one attached hydrogen (secondary N) is 2. The van der Waals surface area contributed by atoms with Gasteiger partial charge in [-0.15, -0.1) is 0 Å². The highest BCUT2D eigenvalue weighted by Crippen LogP contribution is 2.31. The van der Waals surface area contributed by atoms with Crippen molar-refractivity contribution in [2.45, 2.75) is 0 Å². The first-order chi connectivity index (χ1) is 11.0. The SMILES string of the molecule is CN(C)CCNC(=O)c1cncc(Nc2cccc(Cl)c2Cl)c1. The van der Waals surface area contributed by atoms with E-state index in [1.807, 2.05) is 19.0 Å². The van der Waals surface area contributed by atoms with E-state index in [1.165, 1.54) is 6.20 Å². The van der Waals surface area contributed by atoms with Crippen molar-refractivity contribution in [3.8, 4) is 0 Å². The van der Waals surface area contributed by atoms with Crippen molar-refractivity contribution in [2.75, 3.05) is 32.5 Å². The maximum Gasteiger partial charge on any atom is 0.252 e. The number of likely N-dealkylation sites (N-methyl/N-ethyl adjacent to an activating group) is 1. The second kappa shape index (κ2) is 8.15. The molecule has 0 fully saturated rings. The van der Waals surface area contributed by atoms with Crippen LogP contribution in [0.2, 0.25) is 10.0 Å². The van der Waals surface area contributed by atoms with Gasteiger partial charge in [-0.1, -0.05) is 29.3 Å². The van der Waals surface area contributed by atoms with Crippen molar-refractivity contribution in [2.24, 2.45) is 0 Å². The molecule has 0 saturated carbocycles. The van der Waals surface area contributed by atoms with Crippen LogP contribution in [0, 0.1) is 0 Å². The average Bonchev–Trinajstić information content (AvgIpc) is 2.52. The number of pyridine rings is 1. The molecule has 0 aliphatic heterocycles. The second-order valence-corrected chi connectivity index (χ2v) is 6.03. The zero-order chi connectivity index (χ0) is 16.8. The summed E-state index contributed by atoms with van der Waals surface area (Å²) in [6, 6.07) is 7.02. The largest absolute Gasteiger partial charge is 0.353 e. The van der Waals surface area contributed by atoms with Gasteiger partial charge in [0.25, 0.3) is 5.91 Å². The summed E-state index contributed by atoms with van der Waals surface area (Å²) in [6.07, 6.45) is 3.14. The van der Waals surface area contributed by atoms with E-state index in [4.69, 9.17) is 23.2 Å². The number of rotatable bonds is 6. The number of carbonyl (C=O) groups excluding carboxylic acids is 1. The Balaban J connectivity index is 2.07. The summed E-state index contributed by atoms with van der Waals surface area (Å²) in [7, 11) is 3.90. The van der Waals surface area contributed by atoms with Crippen LogP contribution in [0.5, 0.6) is 0 Å². The number of hydrogen-bond acceptors (Lipinski definition) is 4. The topological polar surface area (TPSA) is 57.3 Å². The van der Waals surface area contributed by atoms with Crippen molar-refractivity contribution >= 4 is 40.5 Å². The highest BCUT2D eigenvalue weighted by Gasteiger charge is 2.09. The first-order valence-corrected chi connectivity index (χ1v) is 7.82. The second-order valence-electron chi connectivity index (χ2n) is 5.25. The molecule has 7 heteroatoms. The summed E-state index contributed by atoms with van der Waals surface area (Å²) < 4.78 is 0. The lowest BCUT2D eigenvalue weighted by Gasteiger charge is -2.12. The van der Waals surface area contributed by atoms with Crippen LogP contribution in [0.4, 0.5) is 11.4 Å². The molecule has 1 amide bonds. The van der Waals surface area contributed by atoms with Crippen LogP contribution in [0.1, 0.15) is 10.4 Å². The predicted molar refractivity (Wildman–Crippen MR) is 94.9 cm³/mol. The minimum absolute atomic E-state index is 0.166. The summed E-state index contributed by atoms with van der Waals surface area (Å²) in [6.45, 7) is 1.35. The molecular weight excluding hydrogens is 335 g/mol. The van der Waals surface area contributed by atoms with Crippen molar-refractivity contribution in [3.63, 3.8) is 0 Å². The molecule has 23 heavy (non-hydrogen) atoms. The molecule has 0 aliphatic carbocycles. The van der Waals surface area contributed by atoms with Crippen LogP contribution in [-0.4, -0.2) is 43.0 Å². The molecule has 0 saturated heterocycles.